The van der Waals surface area contributed by atoms with Gasteiger partial charge < -0.3 is 20.6 Å². The Bertz CT molecular complexity index is 745. The quantitative estimate of drug-likeness (QED) is 0.405. The van der Waals surface area contributed by atoms with Crippen LogP contribution in [-0.4, -0.2) is 25.1 Å². The fourth-order valence-corrected chi connectivity index (χ4v) is 3.29. The van der Waals surface area contributed by atoms with E-state index in [-0.39, 0.29) is 5.91 Å². The van der Waals surface area contributed by atoms with Crippen molar-refractivity contribution in [2.24, 2.45) is 0 Å². The summed E-state index contributed by atoms with van der Waals surface area (Å²) in [6, 6.07) is 12.0. The molecule has 1 amide bonds. The van der Waals surface area contributed by atoms with E-state index in [0.717, 1.165) is 12.3 Å². The fourth-order valence-electron chi connectivity index (χ4n) is 3.29. The minimum absolute atomic E-state index is 0.250. The molecule has 0 aliphatic heterocycles. The second-order valence-corrected chi connectivity index (χ2v) is 6.92. The molecule has 0 radical (unpaired) electrons. The van der Waals surface area contributed by atoms with Crippen molar-refractivity contribution in [3.8, 4) is 5.75 Å². The molecule has 1 saturated carbocycles. The van der Waals surface area contributed by atoms with Gasteiger partial charge in [0, 0.05) is 25.2 Å². The zero-order chi connectivity index (χ0) is 18.9. The first-order valence-electron chi connectivity index (χ1n) is 9.63. The molecule has 6 nitrogen and oxygen atoms in total. The van der Waals surface area contributed by atoms with E-state index in [9.17, 15) is 10.0 Å². The fraction of sp³-hybridized carbons (Fsp3) is 0.429. The Balaban J connectivity index is 1.35. The highest BCUT2D eigenvalue weighted by atomic mass is 16.5. The third kappa shape index (κ3) is 6.25. The van der Waals surface area contributed by atoms with Gasteiger partial charge in [-0.15, -0.1) is 0 Å². The third-order valence-corrected chi connectivity index (χ3v) is 4.76. The predicted octanol–water partition coefficient (Wildman–Crippen LogP) is 2.55. The minimum atomic E-state index is -0.250. The number of benzene rings is 1. The van der Waals surface area contributed by atoms with Gasteiger partial charge in [-0.25, -0.2) is 0 Å². The number of nitrogens with zero attached hydrogens (tertiary/aromatic N) is 1. The Morgan fingerprint density at radius 3 is 2.89 bits per heavy atom. The van der Waals surface area contributed by atoms with Crippen molar-refractivity contribution in [1.29, 1.82) is 0 Å². The largest absolute Gasteiger partial charge is 0.619 e. The molecule has 1 heterocycles. The highest BCUT2D eigenvalue weighted by Gasteiger charge is 2.13. The van der Waals surface area contributed by atoms with Crippen LogP contribution in [0.15, 0.2) is 48.8 Å². The van der Waals surface area contributed by atoms with Gasteiger partial charge in [0.25, 0.3) is 5.91 Å². The molecule has 144 valence electrons. The molecule has 2 N–H and O–H groups in total. The Morgan fingerprint density at radius 2 is 2.07 bits per heavy atom. The van der Waals surface area contributed by atoms with Crippen molar-refractivity contribution in [2.45, 2.75) is 44.7 Å². The highest BCUT2D eigenvalue weighted by molar-refractivity contribution is 5.93. The molecule has 2 aromatic rings. The van der Waals surface area contributed by atoms with Gasteiger partial charge in [0.1, 0.15) is 11.3 Å². The van der Waals surface area contributed by atoms with Gasteiger partial charge in [0.05, 0.1) is 6.61 Å². The summed E-state index contributed by atoms with van der Waals surface area (Å²) in [7, 11) is 0. The van der Waals surface area contributed by atoms with E-state index >= 15 is 0 Å². The number of rotatable bonds is 9. The van der Waals surface area contributed by atoms with E-state index in [2.05, 4.69) is 22.8 Å². The number of carbonyl (C=O) groups is 1. The summed E-state index contributed by atoms with van der Waals surface area (Å²) < 4.78 is 6.41. The maximum atomic E-state index is 11.9. The summed E-state index contributed by atoms with van der Waals surface area (Å²) in [5.74, 6) is 0.600. The van der Waals surface area contributed by atoms with Gasteiger partial charge in [0.2, 0.25) is 0 Å². The molecule has 0 saturated heterocycles. The molecule has 27 heavy (non-hydrogen) atoms. The van der Waals surface area contributed by atoms with Crippen LogP contribution in [-0.2, 0) is 6.54 Å². The number of aromatic nitrogens is 1. The number of pyridine rings is 1. The number of nitrogens with one attached hydrogen (secondary N) is 2. The van der Waals surface area contributed by atoms with Crippen LogP contribution in [0.2, 0.25) is 0 Å². The molecular weight excluding hydrogens is 342 g/mol. The molecule has 0 unspecified atom stereocenters. The second kappa shape index (κ2) is 9.92. The molecule has 0 bridgehead atoms. The van der Waals surface area contributed by atoms with Crippen molar-refractivity contribution in [1.82, 2.24) is 10.6 Å². The van der Waals surface area contributed by atoms with E-state index in [0.29, 0.717) is 35.9 Å². The topological polar surface area (TPSA) is 77.3 Å². The zero-order valence-corrected chi connectivity index (χ0v) is 15.5. The molecule has 1 aromatic carbocycles. The van der Waals surface area contributed by atoms with E-state index in [1.54, 1.807) is 12.1 Å². The highest BCUT2D eigenvalue weighted by Crippen LogP contribution is 2.19. The maximum absolute atomic E-state index is 11.9. The summed E-state index contributed by atoms with van der Waals surface area (Å²) >= 11 is 0. The van der Waals surface area contributed by atoms with Gasteiger partial charge in [-0.05, 0) is 43.0 Å². The lowest BCUT2D eigenvalue weighted by atomic mass is 10.2. The van der Waals surface area contributed by atoms with Crippen LogP contribution in [0.1, 0.15) is 48.0 Å². The molecule has 1 aromatic heterocycles. The summed E-state index contributed by atoms with van der Waals surface area (Å²) in [5.41, 5.74) is 1.58. The average molecular weight is 369 g/mol. The summed E-state index contributed by atoms with van der Waals surface area (Å²) in [5, 5.41) is 17.6. The maximum Gasteiger partial charge on any atom is 0.257 e. The lowest BCUT2D eigenvalue weighted by Crippen LogP contribution is -2.30. The standard InChI is InChI=1S/C21H27N3O3/c25-21(18-7-4-12-24(26)16-18)22-11-5-13-27-20-10-3-6-17(14-20)15-23-19-8-1-2-9-19/h3-4,6-7,10,12,14,16,19,23H,1-2,5,8-9,11,13,15H2,(H,22,25). The van der Waals surface area contributed by atoms with Crippen LogP contribution in [0.4, 0.5) is 0 Å². The van der Waals surface area contributed by atoms with Crippen molar-refractivity contribution < 1.29 is 14.3 Å². The predicted molar refractivity (Wildman–Crippen MR) is 103 cm³/mol. The normalized spacial score (nSPS) is 14.2. The molecule has 6 heteroatoms. The molecule has 0 spiro atoms. The van der Waals surface area contributed by atoms with Gasteiger partial charge in [-0.2, -0.15) is 4.73 Å². The Hall–Kier alpha value is -2.60. The Labute approximate surface area is 160 Å². The summed E-state index contributed by atoms with van der Waals surface area (Å²) in [6.45, 7) is 1.89. The number of hydrogen-bond donors (Lipinski definition) is 2. The van der Waals surface area contributed by atoms with Gasteiger partial charge >= 0.3 is 0 Å². The monoisotopic (exact) mass is 369 g/mol. The smallest absolute Gasteiger partial charge is 0.257 e. The van der Waals surface area contributed by atoms with Crippen LogP contribution in [0.25, 0.3) is 0 Å². The third-order valence-electron chi connectivity index (χ3n) is 4.76. The van der Waals surface area contributed by atoms with Crippen molar-refractivity contribution >= 4 is 5.91 Å². The van der Waals surface area contributed by atoms with Gasteiger partial charge in [-0.3, -0.25) is 4.79 Å². The van der Waals surface area contributed by atoms with Crippen molar-refractivity contribution in [2.75, 3.05) is 13.2 Å². The van der Waals surface area contributed by atoms with E-state index in [4.69, 9.17) is 4.74 Å². The molecule has 1 aliphatic carbocycles. The lowest BCUT2D eigenvalue weighted by Gasteiger charge is -2.13. The summed E-state index contributed by atoms with van der Waals surface area (Å²) in [6.07, 6.45) is 8.52. The van der Waals surface area contributed by atoms with Gasteiger partial charge in [0.15, 0.2) is 12.4 Å². The van der Waals surface area contributed by atoms with Crippen LogP contribution in [0, 0.1) is 5.21 Å². The number of amides is 1. The molecule has 1 aliphatic rings. The van der Waals surface area contributed by atoms with E-state index in [1.165, 1.54) is 43.6 Å². The average Bonchev–Trinajstić information content (AvgIpc) is 3.20. The van der Waals surface area contributed by atoms with Crippen LogP contribution in [0.3, 0.4) is 0 Å². The summed E-state index contributed by atoms with van der Waals surface area (Å²) in [4.78, 5) is 11.9. The number of carbonyl (C=O) groups excluding carboxylic acids is 1. The zero-order valence-electron chi connectivity index (χ0n) is 15.5. The number of ether oxygens (including phenoxy) is 1. The molecule has 0 atom stereocenters. The molecule has 1 fully saturated rings. The van der Waals surface area contributed by atoms with Crippen LogP contribution < -0.4 is 20.1 Å². The second-order valence-electron chi connectivity index (χ2n) is 6.92. The Morgan fingerprint density at radius 1 is 1.22 bits per heavy atom. The molecular formula is C21H27N3O3. The van der Waals surface area contributed by atoms with Crippen LogP contribution >= 0.6 is 0 Å². The van der Waals surface area contributed by atoms with Crippen molar-refractivity contribution in [3.63, 3.8) is 0 Å². The van der Waals surface area contributed by atoms with Crippen molar-refractivity contribution in [3.05, 3.63) is 65.1 Å². The first-order valence-corrected chi connectivity index (χ1v) is 9.63. The first-order chi connectivity index (χ1) is 13.2. The van der Waals surface area contributed by atoms with E-state index in [1.807, 2.05) is 12.1 Å². The number of hydrogen-bond acceptors (Lipinski definition) is 4. The minimum Gasteiger partial charge on any atom is -0.619 e. The first kappa shape index (κ1) is 19.2. The lowest BCUT2D eigenvalue weighted by molar-refractivity contribution is -0.605. The van der Waals surface area contributed by atoms with Crippen LogP contribution in [0.5, 0.6) is 5.75 Å². The van der Waals surface area contributed by atoms with E-state index < -0.39 is 0 Å². The molecule has 3 rings (SSSR count). The SMILES string of the molecule is O=C(NCCCOc1cccc(CNC2CCCC2)c1)c1ccc[n+]([O-])c1. The Kier molecular flexibility index (Phi) is 7.04. The van der Waals surface area contributed by atoms with Gasteiger partial charge in [-0.1, -0.05) is 25.0 Å².